The number of benzene rings is 1. The van der Waals surface area contributed by atoms with Crippen LogP contribution in [-0.2, 0) is 16.4 Å². The van der Waals surface area contributed by atoms with E-state index >= 15 is 0 Å². The van der Waals surface area contributed by atoms with Gasteiger partial charge in [-0.25, -0.2) is 8.42 Å². The minimum atomic E-state index is -3.23. The van der Waals surface area contributed by atoms with Crippen molar-refractivity contribution in [2.45, 2.75) is 26.2 Å². The number of sulfonamides is 1. The zero-order valence-corrected chi connectivity index (χ0v) is 13.1. The average molecular weight is 296 g/mol. The Balaban J connectivity index is 2.06. The Hall–Kier alpha value is -1.07. The minimum absolute atomic E-state index is 0.251. The lowest BCUT2D eigenvalue weighted by Crippen LogP contribution is -2.36. The van der Waals surface area contributed by atoms with Crippen LogP contribution < -0.4 is 9.62 Å². The van der Waals surface area contributed by atoms with Gasteiger partial charge in [0.1, 0.15) is 0 Å². The van der Waals surface area contributed by atoms with Crippen LogP contribution in [0.5, 0.6) is 0 Å². The normalized spacial score (nSPS) is 17.1. The summed E-state index contributed by atoms with van der Waals surface area (Å²) in [6.07, 6.45) is 2.86. The van der Waals surface area contributed by atoms with E-state index in [1.807, 2.05) is 24.3 Å². The zero-order valence-electron chi connectivity index (χ0n) is 12.3. The van der Waals surface area contributed by atoms with Gasteiger partial charge in [0, 0.05) is 7.05 Å². The molecule has 5 heteroatoms. The first-order valence-corrected chi connectivity index (χ1v) is 8.90. The molecule has 1 aromatic carbocycles. The molecule has 0 unspecified atom stereocenters. The van der Waals surface area contributed by atoms with Gasteiger partial charge in [-0.2, -0.15) is 0 Å². The first-order valence-electron chi connectivity index (χ1n) is 7.29. The predicted molar refractivity (Wildman–Crippen MR) is 83.6 cm³/mol. The number of piperidine rings is 1. The molecule has 1 aromatic rings. The van der Waals surface area contributed by atoms with Crippen LogP contribution in [0.3, 0.4) is 0 Å². The molecule has 112 valence electrons. The van der Waals surface area contributed by atoms with Crippen LogP contribution in [0, 0.1) is 5.92 Å². The fourth-order valence-electron chi connectivity index (χ4n) is 2.56. The maximum absolute atomic E-state index is 12.5. The molecule has 0 atom stereocenters. The van der Waals surface area contributed by atoms with Gasteiger partial charge in [-0.3, -0.25) is 4.31 Å². The fourth-order valence-corrected chi connectivity index (χ4v) is 4.16. The van der Waals surface area contributed by atoms with Crippen LogP contribution in [0.2, 0.25) is 0 Å². The Morgan fingerprint density at radius 2 is 1.80 bits per heavy atom. The highest BCUT2D eigenvalue weighted by atomic mass is 32.2. The van der Waals surface area contributed by atoms with Gasteiger partial charge in [-0.05, 0) is 56.0 Å². The number of nitrogens with zero attached hydrogens (tertiary/aromatic N) is 1. The molecule has 1 saturated heterocycles. The average Bonchev–Trinajstić information content (AvgIpc) is 2.47. The van der Waals surface area contributed by atoms with Crippen molar-refractivity contribution in [2.75, 3.05) is 30.2 Å². The quantitative estimate of drug-likeness (QED) is 0.904. The van der Waals surface area contributed by atoms with Crippen molar-refractivity contribution >= 4 is 15.7 Å². The SMILES string of the molecule is CCc1ccc(N(C)S(=O)(=O)CC2CCNCC2)cc1. The zero-order chi connectivity index (χ0) is 14.6. The third kappa shape index (κ3) is 3.73. The highest BCUT2D eigenvalue weighted by molar-refractivity contribution is 7.92. The summed E-state index contributed by atoms with van der Waals surface area (Å²) >= 11 is 0. The topological polar surface area (TPSA) is 49.4 Å². The number of nitrogens with one attached hydrogen (secondary N) is 1. The van der Waals surface area contributed by atoms with E-state index in [0.717, 1.165) is 38.0 Å². The molecule has 1 heterocycles. The molecule has 0 bridgehead atoms. The summed E-state index contributed by atoms with van der Waals surface area (Å²) in [4.78, 5) is 0. The van der Waals surface area contributed by atoms with Gasteiger partial charge in [-0.1, -0.05) is 19.1 Å². The molecule has 0 aromatic heterocycles. The molecule has 2 rings (SSSR count). The summed E-state index contributed by atoms with van der Waals surface area (Å²) in [6, 6.07) is 7.76. The molecule has 0 amide bonds. The molecule has 4 nitrogen and oxygen atoms in total. The second-order valence-electron chi connectivity index (χ2n) is 5.46. The molecule has 0 aliphatic carbocycles. The van der Waals surface area contributed by atoms with Gasteiger partial charge >= 0.3 is 0 Å². The van der Waals surface area contributed by atoms with Gasteiger partial charge in [0.05, 0.1) is 11.4 Å². The number of hydrogen-bond acceptors (Lipinski definition) is 3. The van der Waals surface area contributed by atoms with Crippen molar-refractivity contribution in [2.24, 2.45) is 5.92 Å². The Morgan fingerprint density at radius 3 is 2.35 bits per heavy atom. The number of anilines is 1. The summed E-state index contributed by atoms with van der Waals surface area (Å²) in [6.45, 7) is 3.94. The smallest absolute Gasteiger partial charge is 0.235 e. The van der Waals surface area contributed by atoms with Crippen molar-refractivity contribution in [1.29, 1.82) is 0 Å². The molecule has 1 aliphatic heterocycles. The Labute approximate surface area is 122 Å². The Morgan fingerprint density at radius 1 is 1.20 bits per heavy atom. The molecular formula is C15H24N2O2S. The van der Waals surface area contributed by atoms with E-state index in [9.17, 15) is 8.42 Å². The van der Waals surface area contributed by atoms with Crippen LogP contribution in [0.15, 0.2) is 24.3 Å². The summed E-state index contributed by atoms with van der Waals surface area (Å²) in [5.41, 5.74) is 1.97. The number of aryl methyl sites for hydroxylation is 1. The number of rotatable bonds is 5. The van der Waals surface area contributed by atoms with Crippen molar-refractivity contribution in [3.8, 4) is 0 Å². The standard InChI is InChI=1S/C15H24N2O2S/c1-3-13-4-6-15(7-5-13)17(2)20(18,19)12-14-8-10-16-11-9-14/h4-7,14,16H,3,8-12H2,1-2H3. The summed E-state index contributed by atoms with van der Waals surface area (Å²) in [7, 11) is -1.58. The van der Waals surface area contributed by atoms with Gasteiger partial charge in [0.25, 0.3) is 0 Å². The molecular weight excluding hydrogens is 272 g/mol. The summed E-state index contributed by atoms with van der Waals surface area (Å²) < 4.78 is 26.3. The van der Waals surface area contributed by atoms with Gasteiger partial charge < -0.3 is 5.32 Å². The van der Waals surface area contributed by atoms with E-state index in [4.69, 9.17) is 0 Å². The minimum Gasteiger partial charge on any atom is -0.317 e. The van der Waals surface area contributed by atoms with Crippen molar-refractivity contribution in [3.05, 3.63) is 29.8 Å². The molecule has 20 heavy (non-hydrogen) atoms. The lowest BCUT2D eigenvalue weighted by molar-refractivity contribution is 0.401. The lowest BCUT2D eigenvalue weighted by atomic mass is 10.0. The van der Waals surface area contributed by atoms with E-state index in [-0.39, 0.29) is 11.7 Å². The molecule has 0 radical (unpaired) electrons. The Bertz CT molecular complexity index is 519. The third-order valence-corrected chi connectivity index (χ3v) is 5.97. The van der Waals surface area contributed by atoms with Gasteiger partial charge in [-0.15, -0.1) is 0 Å². The van der Waals surface area contributed by atoms with Crippen LogP contribution in [0.25, 0.3) is 0 Å². The molecule has 0 spiro atoms. The second-order valence-corrected chi connectivity index (χ2v) is 7.50. The largest absolute Gasteiger partial charge is 0.317 e. The fraction of sp³-hybridized carbons (Fsp3) is 0.600. The molecule has 1 fully saturated rings. The van der Waals surface area contributed by atoms with Crippen LogP contribution in [0.4, 0.5) is 5.69 Å². The lowest BCUT2D eigenvalue weighted by Gasteiger charge is -2.26. The molecule has 1 N–H and O–H groups in total. The Kier molecular flexibility index (Phi) is 5.05. The third-order valence-electron chi connectivity index (χ3n) is 4.03. The number of hydrogen-bond donors (Lipinski definition) is 1. The highest BCUT2D eigenvalue weighted by Gasteiger charge is 2.25. The van der Waals surface area contributed by atoms with Crippen molar-refractivity contribution in [3.63, 3.8) is 0 Å². The van der Waals surface area contributed by atoms with E-state index in [1.54, 1.807) is 7.05 Å². The van der Waals surface area contributed by atoms with Crippen molar-refractivity contribution < 1.29 is 8.42 Å². The predicted octanol–water partition coefficient (Wildman–Crippen LogP) is 2.01. The van der Waals surface area contributed by atoms with Crippen LogP contribution >= 0.6 is 0 Å². The monoisotopic (exact) mass is 296 g/mol. The second kappa shape index (κ2) is 6.59. The van der Waals surface area contributed by atoms with E-state index in [2.05, 4.69) is 12.2 Å². The first kappa shape index (κ1) is 15.3. The van der Waals surface area contributed by atoms with Crippen LogP contribution in [-0.4, -0.2) is 34.3 Å². The summed E-state index contributed by atoms with van der Waals surface area (Å²) in [5.74, 6) is 0.527. The summed E-state index contributed by atoms with van der Waals surface area (Å²) in [5, 5.41) is 3.27. The molecule has 0 saturated carbocycles. The highest BCUT2D eigenvalue weighted by Crippen LogP contribution is 2.21. The van der Waals surface area contributed by atoms with E-state index < -0.39 is 10.0 Å². The van der Waals surface area contributed by atoms with Crippen LogP contribution in [0.1, 0.15) is 25.3 Å². The maximum atomic E-state index is 12.5. The maximum Gasteiger partial charge on any atom is 0.235 e. The van der Waals surface area contributed by atoms with Crippen molar-refractivity contribution in [1.82, 2.24) is 5.32 Å². The van der Waals surface area contributed by atoms with E-state index in [0.29, 0.717) is 0 Å². The van der Waals surface area contributed by atoms with Gasteiger partial charge in [0.2, 0.25) is 10.0 Å². The molecule has 1 aliphatic rings. The van der Waals surface area contributed by atoms with Gasteiger partial charge in [0.15, 0.2) is 0 Å². The van der Waals surface area contributed by atoms with E-state index in [1.165, 1.54) is 9.87 Å². The first-order chi connectivity index (χ1) is 9.53.